The minimum absolute atomic E-state index is 0.173. The van der Waals surface area contributed by atoms with Crippen LogP contribution in [0.2, 0.25) is 0 Å². The number of aromatic hydroxyl groups is 1. The zero-order valence-electron chi connectivity index (χ0n) is 8.76. The lowest BCUT2D eigenvalue weighted by atomic mass is 9.93. The summed E-state index contributed by atoms with van der Waals surface area (Å²) in [5.41, 5.74) is -0.0121. The molecule has 0 amide bonds. The van der Waals surface area contributed by atoms with E-state index < -0.39 is 5.67 Å². The quantitative estimate of drug-likeness (QED) is 0.777. The van der Waals surface area contributed by atoms with Crippen LogP contribution >= 0.6 is 0 Å². The lowest BCUT2D eigenvalue weighted by Crippen LogP contribution is -2.30. The number of hydrogen-bond donors (Lipinski definition) is 2. The number of phenols is 1. The molecule has 1 aromatic rings. The Bertz CT molecular complexity index is 323. The zero-order valence-corrected chi connectivity index (χ0v) is 8.76. The summed E-state index contributed by atoms with van der Waals surface area (Å²) in [7, 11) is 1.72. The van der Waals surface area contributed by atoms with Crippen molar-refractivity contribution >= 4 is 0 Å². The Morgan fingerprint density at radius 1 is 1.50 bits per heavy atom. The maximum atomic E-state index is 14.1. The van der Waals surface area contributed by atoms with E-state index in [-0.39, 0.29) is 12.3 Å². The van der Waals surface area contributed by atoms with E-state index in [0.717, 1.165) is 5.56 Å². The van der Waals surface area contributed by atoms with Gasteiger partial charge in [-0.1, -0.05) is 6.07 Å². The molecule has 0 aliphatic heterocycles. The smallest absolute Gasteiger partial charge is 0.145 e. The van der Waals surface area contributed by atoms with Crippen molar-refractivity contribution in [2.75, 3.05) is 13.6 Å². The van der Waals surface area contributed by atoms with Gasteiger partial charge in [0.1, 0.15) is 11.4 Å². The summed E-state index contributed by atoms with van der Waals surface area (Å²) < 4.78 is 14.1. The molecule has 0 fully saturated rings. The molecule has 3 heteroatoms. The van der Waals surface area contributed by atoms with Gasteiger partial charge in [-0.3, -0.25) is 0 Å². The molecule has 1 rings (SSSR count). The Balaban J connectivity index is 3.06. The molecule has 1 aromatic carbocycles. The fraction of sp³-hybridized carbons (Fsp3) is 0.455. The predicted octanol–water partition coefficient (Wildman–Crippen LogP) is 2.10. The molecule has 0 heterocycles. The predicted molar refractivity (Wildman–Crippen MR) is 55.2 cm³/mol. The van der Waals surface area contributed by atoms with Gasteiger partial charge in [-0.15, -0.1) is 0 Å². The Kier molecular flexibility index (Phi) is 3.11. The number of nitrogens with one attached hydrogen (secondary N) is 1. The number of rotatable bonds is 3. The van der Waals surface area contributed by atoms with Crippen LogP contribution in [0.1, 0.15) is 18.1 Å². The van der Waals surface area contributed by atoms with Gasteiger partial charge in [0.2, 0.25) is 0 Å². The van der Waals surface area contributed by atoms with E-state index in [4.69, 9.17) is 0 Å². The first-order chi connectivity index (χ1) is 6.47. The monoisotopic (exact) mass is 197 g/mol. The van der Waals surface area contributed by atoms with Crippen LogP contribution in [-0.2, 0) is 5.67 Å². The molecule has 0 aliphatic carbocycles. The number of halogens is 1. The van der Waals surface area contributed by atoms with Crippen LogP contribution in [0.3, 0.4) is 0 Å². The van der Waals surface area contributed by atoms with E-state index >= 15 is 0 Å². The largest absolute Gasteiger partial charge is 0.508 e. The Morgan fingerprint density at radius 2 is 2.14 bits per heavy atom. The molecule has 0 spiro atoms. The first-order valence-electron chi connectivity index (χ1n) is 4.61. The van der Waals surface area contributed by atoms with Gasteiger partial charge in [-0.05, 0) is 44.2 Å². The van der Waals surface area contributed by atoms with Crippen molar-refractivity contribution in [3.63, 3.8) is 0 Å². The van der Waals surface area contributed by atoms with Crippen molar-refractivity contribution in [1.82, 2.24) is 5.32 Å². The van der Waals surface area contributed by atoms with Crippen LogP contribution in [0.15, 0.2) is 18.2 Å². The average Bonchev–Trinajstić information content (AvgIpc) is 2.02. The maximum absolute atomic E-state index is 14.1. The highest BCUT2D eigenvalue weighted by atomic mass is 19.1. The number of aryl methyl sites for hydroxylation is 1. The highest BCUT2D eigenvalue weighted by Gasteiger charge is 2.26. The van der Waals surface area contributed by atoms with Crippen molar-refractivity contribution in [1.29, 1.82) is 0 Å². The Labute approximate surface area is 83.8 Å². The van der Waals surface area contributed by atoms with Crippen molar-refractivity contribution in [2.24, 2.45) is 0 Å². The number of hydrogen-bond acceptors (Lipinski definition) is 2. The molecule has 1 unspecified atom stereocenters. The molecular formula is C11H16FNO. The minimum atomic E-state index is -1.40. The second-order valence-electron chi connectivity index (χ2n) is 3.73. The van der Waals surface area contributed by atoms with Gasteiger partial charge in [0.25, 0.3) is 0 Å². The molecule has 0 aromatic heterocycles. The van der Waals surface area contributed by atoms with E-state index in [1.54, 1.807) is 26.1 Å². The second kappa shape index (κ2) is 3.96. The summed E-state index contributed by atoms with van der Waals surface area (Å²) in [6.07, 6.45) is 0. The molecule has 78 valence electrons. The SMILES string of the molecule is CNCC(C)(F)c1ccc(O)cc1C. The van der Waals surface area contributed by atoms with Gasteiger partial charge in [0, 0.05) is 6.54 Å². The summed E-state index contributed by atoms with van der Waals surface area (Å²) >= 11 is 0. The van der Waals surface area contributed by atoms with Crippen LogP contribution < -0.4 is 5.32 Å². The van der Waals surface area contributed by atoms with E-state index in [1.807, 2.05) is 0 Å². The van der Waals surface area contributed by atoms with Crippen LogP contribution in [0.25, 0.3) is 0 Å². The zero-order chi connectivity index (χ0) is 10.8. The number of benzene rings is 1. The number of alkyl halides is 1. The third kappa shape index (κ3) is 2.23. The number of likely N-dealkylation sites (N-methyl/N-ethyl adjacent to an activating group) is 1. The van der Waals surface area contributed by atoms with Gasteiger partial charge >= 0.3 is 0 Å². The average molecular weight is 197 g/mol. The lowest BCUT2D eigenvalue weighted by molar-refractivity contribution is 0.189. The summed E-state index contributed by atoms with van der Waals surface area (Å²) in [4.78, 5) is 0. The third-order valence-corrected chi connectivity index (χ3v) is 2.28. The molecule has 2 nitrogen and oxygen atoms in total. The first-order valence-corrected chi connectivity index (χ1v) is 4.61. The van der Waals surface area contributed by atoms with Crippen molar-refractivity contribution in [3.8, 4) is 5.75 Å². The second-order valence-corrected chi connectivity index (χ2v) is 3.73. The van der Waals surface area contributed by atoms with Gasteiger partial charge < -0.3 is 10.4 Å². The molecule has 0 radical (unpaired) electrons. The van der Waals surface area contributed by atoms with Gasteiger partial charge in [-0.25, -0.2) is 4.39 Å². The molecule has 0 saturated heterocycles. The maximum Gasteiger partial charge on any atom is 0.145 e. The number of phenolic OH excluding ortho intramolecular Hbond substituents is 1. The summed E-state index contributed by atoms with van der Waals surface area (Å²) in [5, 5.41) is 12.0. The first kappa shape index (κ1) is 11.0. The summed E-state index contributed by atoms with van der Waals surface area (Å²) in [5.74, 6) is 0.173. The van der Waals surface area contributed by atoms with E-state index in [9.17, 15) is 9.50 Å². The summed E-state index contributed by atoms with van der Waals surface area (Å²) in [6.45, 7) is 3.59. The standard InChI is InChI=1S/C11H16FNO/c1-8-6-9(14)4-5-10(8)11(2,12)7-13-3/h4-6,13-14H,7H2,1-3H3. The minimum Gasteiger partial charge on any atom is -0.508 e. The van der Waals surface area contributed by atoms with Gasteiger partial charge in [0.05, 0.1) is 0 Å². The fourth-order valence-corrected chi connectivity index (χ4v) is 1.66. The fourth-order valence-electron chi connectivity index (χ4n) is 1.66. The molecule has 1 atom stereocenters. The van der Waals surface area contributed by atoms with Crippen LogP contribution in [0, 0.1) is 6.92 Å². The lowest BCUT2D eigenvalue weighted by Gasteiger charge is -2.22. The van der Waals surface area contributed by atoms with E-state index in [0.29, 0.717) is 5.56 Å². The molecule has 0 aliphatic rings. The Morgan fingerprint density at radius 3 is 2.64 bits per heavy atom. The molecular weight excluding hydrogens is 181 g/mol. The van der Waals surface area contributed by atoms with Crippen molar-refractivity contribution in [2.45, 2.75) is 19.5 Å². The van der Waals surface area contributed by atoms with Crippen LogP contribution in [0.4, 0.5) is 4.39 Å². The molecule has 2 N–H and O–H groups in total. The van der Waals surface area contributed by atoms with Gasteiger partial charge in [0.15, 0.2) is 0 Å². The highest BCUT2D eigenvalue weighted by molar-refractivity contribution is 5.37. The molecule has 14 heavy (non-hydrogen) atoms. The summed E-state index contributed by atoms with van der Waals surface area (Å²) in [6, 6.07) is 4.71. The van der Waals surface area contributed by atoms with Crippen molar-refractivity contribution in [3.05, 3.63) is 29.3 Å². The third-order valence-electron chi connectivity index (χ3n) is 2.28. The molecule has 0 bridgehead atoms. The van der Waals surface area contributed by atoms with Crippen LogP contribution in [0.5, 0.6) is 5.75 Å². The topological polar surface area (TPSA) is 32.3 Å². The Hall–Kier alpha value is -1.09. The van der Waals surface area contributed by atoms with E-state index in [1.165, 1.54) is 13.0 Å². The highest BCUT2D eigenvalue weighted by Crippen LogP contribution is 2.29. The molecule has 0 saturated carbocycles. The van der Waals surface area contributed by atoms with Crippen LogP contribution in [-0.4, -0.2) is 18.7 Å². The van der Waals surface area contributed by atoms with E-state index in [2.05, 4.69) is 5.32 Å². The van der Waals surface area contributed by atoms with Crippen molar-refractivity contribution < 1.29 is 9.50 Å². The van der Waals surface area contributed by atoms with Gasteiger partial charge in [-0.2, -0.15) is 0 Å². The normalized spacial score (nSPS) is 15.1.